The van der Waals surface area contributed by atoms with E-state index in [1.54, 1.807) is 0 Å². The number of Topliss-reactive ketones (excluding diaryl/α,β-unsaturated/α-hetero) is 1. The van der Waals surface area contributed by atoms with Gasteiger partial charge in [-0.1, -0.05) is 39.0 Å². The first-order valence-electron chi connectivity index (χ1n) is 10.4. The Bertz CT molecular complexity index is 379. The summed E-state index contributed by atoms with van der Waals surface area (Å²) < 4.78 is 0. The van der Waals surface area contributed by atoms with Gasteiger partial charge in [-0.25, -0.2) is 0 Å². The fourth-order valence-corrected chi connectivity index (χ4v) is 5.54. The van der Waals surface area contributed by atoms with Crippen molar-refractivity contribution < 1.29 is 4.79 Å². The Morgan fingerprint density at radius 1 is 0.870 bits per heavy atom. The number of ketones is 1. The quantitative estimate of drug-likeness (QED) is 0.721. The molecule has 0 amide bonds. The number of hydrogen-bond donors (Lipinski definition) is 0. The van der Waals surface area contributed by atoms with Crippen molar-refractivity contribution in [1.82, 2.24) is 4.90 Å². The normalized spacial score (nSPS) is 37.7. The lowest BCUT2D eigenvalue weighted by molar-refractivity contribution is -0.126. The number of hydrogen-bond acceptors (Lipinski definition) is 2. The Balaban J connectivity index is 1.43. The van der Waals surface area contributed by atoms with Crippen LogP contribution in [0.3, 0.4) is 0 Å². The minimum atomic E-state index is 0.376. The standard InChI is InChI=1S/C21H37NO/c1-16-12-13-22(17(2)14-16)15-21(23)20-10-8-19(9-11-20)18-6-4-3-5-7-18/h16-20H,3-15H2,1-2H3. The third-order valence-electron chi connectivity index (χ3n) is 7.18. The van der Waals surface area contributed by atoms with Gasteiger partial charge in [-0.2, -0.15) is 0 Å². The van der Waals surface area contributed by atoms with Crippen molar-refractivity contribution >= 4 is 5.78 Å². The van der Waals surface area contributed by atoms with E-state index < -0.39 is 0 Å². The molecular weight excluding hydrogens is 282 g/mol. The van der Waals surface area contributed by atoms with E-state index in [-0.39, 0.29) is 0 Å². The van der Waals surface area contributed by atoms with E-state index in [1.807, 2.05) is 0 Å². The van der Waals surface area contributed by atoms with Crippen molar-refractivity contribution in [2.75, 3.05) is 13.1 Å². The van der Waals surface area contributed by atoms with Gasteiger partial charge in [0.05, 0.1) is 6.54 Å². The van der Waals surface area contributed by atoms with E-state index in [1.165, 1.54) is 70.6 Å². The minimum absolute atomic E-state index is 0.376. The summed E-state index contributed by atoms with van der Waals surface area (Å²) in [4.78, 5) is 15.2. The molecule has 1 saturated heterocycles. The fourth-order valence-electron chi connectivity index (χ4n) is 5.54. The summed E-state index contributed by atoms with van der Waals surface area (Å²) in [5, 5.41) is 0. The van der Waals surface area contributed by atoms with Gasteiger partial charge in [0.15, 0.2) is 0 Å². The summed E-state index contributed by atoms with van der Waals surface area (Å²) in [6.07, 6.45) is 14.8. The molecule has 3 rings (SSSR count). The molecule has 3 aliphatic rings. The Kier molecular flexibility index (Phi) is 6.18. The van der Waals surface area contributed by atoms with Crippen molar-refractivity contribution in [2.24, 2.45) is 23.7 Å². The first-order chi connectivity index (χ1) is 11.1. The molecule has 0 aromatic heterocycles. The highest BCUT2D eigenvalue weighted by Gasteiger charge is 2.32. The van der Waals surface area contributed by atoms with Gasteiger partial charge in [0, 0.05) is 12.0 Å². The average Bonchev–Trinajstić information content (AvgIpc) is 2.58. The molecule has 0 bridgehead atoms. The highest BCUT2D eigenvalue weighted by molar-refractivity contribution is 5.83. The molecule has 2 atom stereocenters. The molecule has 0 spiro atoms. The predicted octanol–water partition coefficient (Wildman–Crippen LogP) is 5.06. The van der Waals surface area contributed by atoms with Crippen LogP contribution in [0.25, 0.3) is 0 Å². The van der Waals surface area contributed by atoms with Crippen LogP contribution in [0.2, 0.25) is 0 Å². The summed E-state index contributed by atoms with van der Waals surface area (Å²) in [5.74, 6) is 3.69. The Labute approximate surface area is 143 Å². The van der Waals surface area contributed by atoms with Gasteiger partial charge >= 0.3 is 0 Å². The van der Waals surface area contributed by atoms with Crippen LogP contribution in [-0.4, -0.2) is 29.8 Å². The molecule has 23 heavy (non-hydrogen) atoms. The van der Waals surface area contributed by atoms with Crippen LogP contribution in [0, 0.1) is 23.7 Å². The molecule has 1 heterocycles. The van der Waals surface area contributed by atoms with Crippen molar-refractivity contribution in [3.8, 4) is 0 Å². The molecule has 0 aromatic rings. The predicted molar refractivity (Wildman–Crippen MR) is 96.5 cm³/mol. The average molecular weight is 320 g/mol. The number of piperidine rings is 1. The second-order valence-electron chi connectivity index (χ2n) is 8.93. The summed E-state index contributed by atoms with van der Waals surface area (Å²) >= 11 is 0. The molecule has 2 aliphatic carbocycles. The maximum absolute atomic E-state index is 12.7. The fraction of sp³-hybridized carbons (Fsp3) is 0.952. The Hall–Kier alpha value is -0.370. The van der Waals surface area contributed by atoms with Gasteiger partial charge in [0.2, 0.25) is 0 Å². The maximum Gasteiger partial charge on any atom is 0.149 e. The van der Waals surface area contributed by atoms with E-state index >= 15 is 0 Å². The smallest absolute Gasteiger partial charge is 0.149 e. The number of likely N-dealkylation sites (tertiary alicyclic amines) is 1. The molecule has 2 unspecified atom stereocenters. The van der Waals surface area contributed by atoms with Gasteiger partial charge < -0.3 is 0 Å². The molecule has 0 radical (unpaired) electrons. The second-order valence-corrected chi connectivity index (χ2v) is 8.93. The Morgan fingerprint density at radius 3 is 2.17 bits per heavy atom. The van der Waals surface area contributed by atoms with Crippen molar-refractivity contribution in [3.63, 3.8) is 0 Å². The van der Waals surface area contributed by atoms with Crippen LogP contribution >= 0.6 is 0 Å². The van der Waals surface area contributed by atoms with Gasteiger partial charge in [-0.3, -0.25) is 9.69 Å². The molecular formula is C21H37NO. The van der Waals surface area contributed by atoms with Crippen LogP contribution in [0.15, 0.2) is 0 Å². The molecule has 2 saturated carbocycles. The third kappa shape index (κ3) is 4.59. The third-order valence-corrected chi connectivity index (χ3v) is 7.18. The summed E-state index contributed by atoms with van der Waals surface area (Å²) in [5.41, 5.74) is 0. The van der Waals surface area contributed by atoms with Gasteiger partial charge in [0.25, 0.3) is 0 Å². The van der Waals surface area contributed by atoms with Gasteiger partial charge in [-0.15, -0.1) is 0 Å². The Morgan fingerprint density at radius 2 is 1.52 bits per heavy atom. The molecule has 3 fully saturated rings. The lowest BCUT2D eigenvalue weighted by Crippen LogP contribution is -2.44. The van der Waals surface area contributed by atoms with E-state index in [4.69, 9.17) is 0 Å². The van der Waals surface area contributed by atoms with Crippen molar-refractivity contribution in [3.05, 3.63) is 0 Å². The van der Waals surface area contributed by atoms with E-state index in [0.717, 1.165) is 30.8 Å². The first kappa shape index (κ1) is 17.5. The first-order valence-corrected chi connectivity index (χ1v) is 10.4. The largest absolute Gasteiger partial charge is 0.298 e. The van der Waals surface area contributed by atoms with E-state index in [2.05, 4.69) is 18.7 Å². The zero-order valence-electron chi connectivity index (χ0n) is 15.4. The van der Waals surface area contributed by atoms with Crippen molar-refractivity contribution in [2.45, 2.75) is 90.5 Å². The maximum atomic E-state index is 12.7. The van der Waals surface area contributed by atoms with Crippen LogP contribution < -0.4 is 0 Å². The minimum Gasteiger partial charge on any atom is -0.298 e. The highest BCUT2D eigenvalue weighted by atomic mass is 16.1. The number of rotatable bonds is 4. The van der Waals surface area contributed by atoms with Gasteiger partial charge in [0.1, 0.15) is 5.78 Å². The monoisotopic (exact) mass is 319 g/mol. The topological polar surface area (TPSA) is 20.3 Å². The zero-order valence-corrected chi connectivity index (χ0v) is 15.4. The number of nitrogens with zero attached hydrogens (tertiary/aromatic N) is 1. The van der Waals surface area contributed by atoms with Crippen molar-refractivity contribution in [1.29, 1.82) is 0 Å². The van der Waals surface area contributed by atoms with Crippen LogP contribution in [-0.2, 0) is 4.79 Å². The molecule has 2 nitrogen and oxygen atoms in total. The summed E-state index contributed by atoms with van der Waals surface area (Å²) in [6, 6.07) is 0.598. The molecule has 132 valence electrons. The summed E-state index contributed by atoms with van der Waals surface area (Å²) in [7, 11) is 0. The van der Waals surface area contributed by atoms with Crippen LogP contribution in [0.4, 0.5) is 0 Å². The lowest BCUT2D eigenvalue weighted by atomic mass is 9.70. The van der Waals surface area contributed by atoms with E-state index in [0.29, 0.717) is 17.7 Å². The highest BCUT2D eigenvalue weighted by Crippen LogP contribution is 2.40. The zero-order chi connectivity index (χ0) is 16.2. The molecule has 0 N–H and O–H groups in total. The summed E-state index contributed by atoms with van der Waals surface area (Å²) in [6.45, 7) is 6.52. The van der Waals surface area contributed by atoms with Crippen LogP contribution in [0.5, 0.6) is 0 Å². The van der Waals surface area contributed by atoms with E-state index in [9.17, 15) is 4.79 Å². The molecule has 1 aliphatic heterocycles. The second kappa shape index (κ2) is 8.14. The number of carbonyl (C=O) groups is 1. The SMILES string of the molecule is CC1CCN(CC(=O)C2CCC(C3CCCCC3)CC2)C(C)C1. The number of carbonyl (C=O) groups excluding carboxylic acids is 1. The van der Waals surface area contributed by atoms with Gasteiger partial charge in [-0.05, 0) is 69.7 Å². The van der Waals surface area contributed by atoms with Crippen LogP contribution in [0.1, 0.15) is 84.5 Å². The molecule has 2 heteroatoms. The lowest BCUT2D eigenvalue weighted by Gasteiger charge is -2.38. The molecule has 0 aromatic carbocycles.